The van der Waals surface area contributed by atoms with Crippen LogP contribution in [0.15, 0.2) is 0 Å². The fourth-order valence-corrected chi connectivity index (χ4v) is 1.53. The van der Waals surface area contributed by atoms with Gasteiger partial charge in [0.25, 0.3) is 0 Å². The van der Waals surface area contributed by atoms with Crippen LogP contribution in [-0.4, -0.2) is 14.8 Å². The Morgan fingerprint density at radius 2 is 1.92 bits per heavy atom. The van der Waals surface area contributed by atoms with Crippen LogP contribution in [0.3, 0.4) is 0 Å². The molecule has 74 valence electrons. The highest BCUT2D eigenvalue weighted by molar-refractivity contribution is 6.28. The van der Waals surface area contributed by atoms with E-state index in [1.54, 1.807) is 0 Å². The number of rotatable bonds is 3. The molecule has 0 radical (unpaired) electrons. The molecular formula is C9H16ClN3. The molecule has 1 aromatic rings. The number of aromatic nitrogens is 3. The van der Waals surface area contributed by atoms with Gasteiger partial charge in [0.15, 0.2) is 0 Å². The average Bonchev–Trinajstić information content (AvgIpc) is 2.45. The van der Waals surface area contributed by atoms with Crippen LogP contribution in [0.4, 0.5) is 0 Å². The van der Waals surface area contributed by atoms with Crippen molar-refractivity contribution < 1.29 is 0 Å². The molecule has 0 aliphatic heterocycles. The number of halogens is 1. The molecule has 0 amide bonds. The Balaban J connectivity index is 3.03. The van der Waals surface area contributed by atoms with Crippen molar-refractivity contribution in [3.05, 3.63) is 11.1 Å². The molecule has 1 unspecified atom stereocenters. The molecule has 0 fully saturated rings. The zero-order valence-corrected chi connectivity index (χ0v) is 9.34. The molecule has 13 heavy (non-hydrogen) atoms. The summed E-state index contributed by atoms with van der Waals surface area (Å²) in [4.78, 5) is 0. The Labute approximate surface area is 84.1 Å². The van der Waals surface area contributed by atoms with Crippen LogP contribution in [0.25, 0.3) is 0 Å². The zero-order valence-electron chi connectivity index (χ0n) is 8.58. The maximum atomic E-state index is 5.95. The van der Waals surface area contributed by atoms with E-state index in [0.29, 0.717) is 17.2 Å². The lowest BCUT2D eigenvalue weighted by Gasteiger charge is -2.19. The summed E-state index contributed by atoms with van der Waals surface area (Å²) in [5.41, 5.74) is 0. The molecule has 1 rings (SSSR count). The molecule has 0 saturated carbocycles. The van der Waals surface area contributed by atoms with Gasteiger partial charge in [-0.1, -0.05) is 20.8 Å². The third-order valence-electron chi connectivity index (χ3n) is 2.41. The first-order chi connectivity index (χ1) is 6.07. The lowest BCUT2D eigenvalue weighted by Crippen LogP contribution is -2.14. The van der Waals surface area contributed by atoms with E-state index in [1.807, 2.05) is 4.57 Å². The van der Waals surface area contributed by atoms with Crippen LogP contribution < -0.4 is 0 Å². The van der Waals surface area contributed by atoms with Gasteiger partial charge in [-0.25, -0.2) is 0 Å². The first-order valence-corrected chi connectivity index (χ1v) is 5.05. The molecule has 4 heteroatoms. The number of hydrogen-bond donors (Lipinski definition) is 0. The van der Waals surface area contributed by atoms with E-state index >= 15 is 0 Å². The standard InChI is InChI=1S/C9H16ClN3/c1-5-8-11-12-9(10)13(8)7(4)6(2)3/h6-7H,5H2,1-4H3. The van der Waals surface area contributed by atoms with Crippen molar-refractivity contribution in [2.45, 2.75) is 40.2 Å². The van der Waals surface area contributed by atoms with Gasteiger partial charge >= 0.3 is 0 Å². The Morgan fingerprint density at radius 1 is 1.31 bits per heavy atom. The van der Waals surface area contributed by atoms with E-state index in [2.05, 4.69) is 37.9 Å². The zero-order chi connectivity index (χ0) is 10.0. The third kappa shape index (κ3) is 2.02. The minimum absolute atomic E-state index is 0.359. The topological polar surface area (TPSA) is 30.7 Å². The van der Waals surface area contributed by atoms with Crippen LogP contribution in [0.1, 0.15) is 39.6 Å². The minimum Gasteiger partial charge on any atom is -0.299 e. The van der Waals surface area contributed by atoms with Crippen molar-refractivity contribution in [3.63, 3.8) is 0 Å². The summed E-state index contributed by atoms with van der Waals surface area (Å²) in [6, 6.07) is 0.359. The highest BCUT2D eigenvalue weighted by Gasteiger charge is 2.17. The maximum absolute atomic E-state index is 5.95. The summed E-state index contributed by atoms with van der Waals surface area (Å²) in [6.45, 7) is 8.53. The number of aryl methyl sites for hydroxylation is 1. The Kier molecular flexibility index (Phi) is 3.31. The normalized spacial score (nSPS) is 13.7. The molecular weight excluding hydrogens is 186 g/mol. The van der Waals surface area contributed by atoms with Gasteiger partial charge in [0.2, 0.25) is 5.28 Å². The van der Waals surface area contributed by atoms with Crippen LogP contribution in [0.5, 0.6) is 0 Å². The second-order valence-corrected chi connectivity index (χ2v) is 3.93. The van der Waals surface area contributed by atoms with Gasteiger partial charge in [0.05, 0.1) is 0 Å². The molecule has 0 spiro atoms. The van der Waals surface area contributed by atoms with E-state index in [0.717, 1.165) is 12.2 Å². The lowest BCUT2D eigenvalue weighted by molar-refractivity contribution is 0.397. The predicted octanol–water partition coefficient (Wildman–Crippen LogP) is 2.71. The molecule has 1 aromatic heterocycles. The summed E-state index contributed by atoms with van der Waals surface area (Å²) < 4.78 is 2.01. The van der Waals surface area contributed by atoms with Crippen LogP contribution in [-0.2, 0) is 6.42 Å². The van der Waals surface area contributed by atoms with Gasteiger partial charge in [-0.15, -0.1) is 10.2 Å². The quantitative estimate of drug-likeness (QED) is 0.753. The molecule has 0 aromatic carbocycles. The van der Waals surface area contributed by atoms with Crippen LogP contribution in [0.2, 0.25) is 5.28 Å². The van der Waals surface area contributed by atoms with Crippen LogP contribution in [0, 0.1) is 5.92 Å². The van der Waals surface area contributed by atoms with E-state index in [1.165, 1.54) is 0 Å². The Bertz CT molecular complexity index is 280. The maximum Gasteiger partial charge on any atom is 0.225 e. The Hall–Kier alpha value is -0.570. The molecule has 1 heterocycles. The SMILES string of the molecule is CCc1nnc(Cl)n1C(C)C(C)C. The summed E-state index contributed by atoms with van der Waals surface area (Å²) in [5, 5.41) is 8.39. The van der Waals surface area contributed by atoms with E-state index in [9.17, 15) is 0 Å². The van der Waals surface area contributed by atoms with Gasteiger partial charge < -0.3 is 0 Å². The third-order valence-corrected chi connectivity index (χ3v) is 2.67. The monoisotopic (exact) mass is 201 g/mol. The summed E-state index contributed by atoms with van der Waals surface area (Å²) in [5.74, 6) is 1.50. The molecule has 3 nitrogen and oxygen atoms in total. The smallest absolute Gasteiger partial charge is 0.225 e. The second kappa shape index (κ2) is 4.09. The van der Waals surface area contributed by atoms with Crippen molar-refractivity contribution >= 4 is 11.6 Å². The largest absolute Gasteiger partial charge is 0.299 e. The van der Waals surface area contributed by atoms with Crippen molar-refractivity contribution in [1.29, 1.82) is 0 Å². The fraction of sp³-hybridized carbons (Fsp3) is 0.778. The highest BCUT2D eigenvalue weighted by Crippen LogP contribution is 2.22. The molecule has 0 saturated heterocycles. The predicted molar refractivity (Wildman–Crippen MR) is 54.0 cm³/mol. The van der Waals surface area contributed by atoms with Gasteiger partial charge in [-0.3, -0.25) is 4.57 Å². The fourth-order valence-electron chi connectivity index (χ4n) is 1.24. The average molecular weight is 202 g/mol. The summed E-state index contributed by atoms with van der Waals surface area (Å²) in [7, 11) is 0. The van der Waals surface area contributed by atoms with Gasteiger partial charge in [-0.05, 0) is 24.4 Å². The first-order valence-electron chi connectivity index (χ1n) is 4.67. The summed E-state index contributed by atoms with van der Waals surface area (Å²) in [6.07, 6.45) is 0.872. The lowest BCUT2D eigenvalue weighted by atomic mass is 10.1. The number of hydrogen-bond acceptors (Lipinski definition) is 2. The second-order valence-electron chi connectivity index (χ2n) is 3.59. The molecule has 0 bridgehead atoms. The van der Waals surface area contributed by atoms with Gasteiger partial charge in [0, 0.05) is 12.5 Å². The molecule has 0 N–H and O–H groups in total. The molecule has 0 aliphatic carbocycles. The minimum atomic E-state index is 0.359. The van der Waals surface area contributed by atoms with Gasteiger partial charge in [-0.2, -0.15) is 0 Å². The number of nitrogens with zero attached hydrogens (tertiary/aromatic N) is 3. The van der Waals surface area contributed by atoms with Crippen molar-refractivity contribution in [2.24, 2.45) is 5.92 Å². The van der Waals surface area contributed by atoms with Gasteiger partial charge in [0.1, 0.15) is 5.82 Å². The van der Waals surface area contributed by atoms with E-state index < -0.39 is 0 Å². The van der Waals surface area contributed by atoms with E-state index in [-0.39, 0.29) is 0 Å². The molecule has 1 atom stereocenters. The molecule has 0 aliphatic rings. The highest BCUT2D eigenvalue weighted by atomic mass is 35.5. The van der Waals surface area contributed by atoms with E-state index in [4.69, 9.17) is 11.6 Å². The van der Waals surface area contributed by atoms with Crippen molar-refractivity contribution in [2.75, 3.05) is 0 Å². The van der Waals surface area contributed by atoms with Crippen LogP contribution >= 0.6 is 11.6 Å². The first kappa shape index (κ1) is 10.5. The van der Waals surface area contributed by atoms with Crippen molar-refractivity contribution in [3.8, 4) is 0 Å². The summed E-state index contributed by atoms with van der Waals surface area (Å²) >= 11 is 5.95. The van der Waals surface area contributed by atoms with Crippen molar-refractivity contribution in [1.82, 2.24) is 14.8 Å². The Morgan fingerprint density at radius 3 is 2.38 bits per heavy atom.